The van der Waals surface area contributed by atoms with Crippen molar-refractivity contribution in [3.05, 3.63) is 40.9 Å². The molecule has 1 amide bonds. The second-order valence-corrected chi connectivity index (χ2v) is 7.28. The van der Waals surface area contributed by atoms with Gasteiger partial charge in [0.15, 0.2) is 0 Å². The number of carbonyl (C=O) groups excluding carboxylic acids is 1. The molecule has 1 unspecified atom stereocenters. The molecule has 1 N–H and O–H groups in total. The summed E-state index contributed by atoms with van der Waals surface area (Å²) in [6, 6.07) is 12.2. The van der Waals surface area contributed by atoms with Crippen LogP contribution in [-0.4, -0.2) is 16.9 Å². The van der Waals surface area contributed by atoms with Crippen LogP contribution in [0.15, 0.2) is 40.9 Å². The van der Waals surface area contributed by atoms with Gasteiger partial charge in [0.25, 0.3) is 0 Å². The summed E-state index contributed by atoms with van der Waals surface area (Å²) in [6.07, 6.45) is 3.40. The Labute approximate surface area is 131 Å². The number of hydrogen-bond donors (Lipinski definition) is 1. The monoisotopic (exact) mass is 349 g/mol. The molecule has 104 valence electrons. The molecule has 0 aromatic heterocycles. The van der Waals surface area contributed by atoms with E-state index in [1.807, 2.05) is 24.3 Å². The van der Waals surface area contributed by atoms with Gasteiger partial charge in [-0.05, 0) is 53.6 Å². The van der Waals surface area contributed by atoms with Gasteiger partial charge >= 0.3 is 0 Å². The van der Waals surface area contributed by atoms with Crippen LogP contribution in [-0.2, 0) is 4.79 Å². The van der Waals surface area contributed by atoms with Crippen molar-refractivity contribution in [2.24, 2.45) is 0 Å². The first kappa shape index (κ1) is 14.0. The Bertz CT molecular complexity index is 637. The maximum atomic E-state index is 12.2. The zero-order valence-corrected chi connectivity index (χ0v) is 13.5. The molecule has 0 spiro atoms. The summed E-state index contributed by atoms with van der Waals surface area (Å²) in [6.45, 7) is 0. The molecule has 1 fully saturated rings. The van der Waals surface area contributed by atoms with Crippen molar-refractivity contribution < 1.29 is 4.79 Å². The lowest BCUT2D eigenvalue weighted by molar-refractivity contribution is -0.115. The molecule has 1 saturated heterocycles. The van der Waals surface area contributed by atoms with E-state index in [0.717, 1.165) is 34.1 Å². The highest BCUT2D eigenvalue weighted by atomic mass is 79.9. The summed E-state index contributed by atoms with van der Waals surface area (Å²) < 4.78 is 1.07. The highest BCUT2D eigenvalue weighted by molar-refractivity contribution is 9.10. The Kier molecular flexibility index (Phi) is 4.32. The standard InChI is InChI=1S/C16H16BrNOS/c17-13-6-4-12-10-14(7-5-11(12)9-13)18-16(19)15-3-1-2-8-20-15/h4-7,9-10,15H,1-3,8H2,(H,18,19). The summed E-state index contributed by atoms with van der Waals surface area (Å²) in [5, 5.41) is 5.47. The van der Waals surface area contributed by atoms with Gasteiger partial charge in [0.05, 0.1) is 5.25 Å². The molecular formula is C16H16BrNOS. The van der Waals surface area contributed by atoms with Gasteiger partial charge in [-0.15, -0.1) is 11.8 Å². The zero-order chi connectivity index (χ0) is 13.9. The van der Waals surface area contributed by atoms with E-state index in [0.29, 0.717) is 0 Å². The highest BCUT2D eigenvalue weighted by Crippen LogP contribution is 2.27. The van der Waals surface area contributed by atoms with Crippen LogP contribution in [0.2, 0.25) is 0 Å². The van der Waals surface area contributed by atoms with Crippen molar-refractivity contribution in [1.82, 2.24) is 0 Å². The van der Waals surface area contributed by atoms with Crippen LogP contribution in [0.3, 0.4) is 0 Å². The minimum atomic E-state index is 0.115. The minimum Gasteiger partial charge on any atom is -0.325 e. The van der Waals surface area contributed by atoms with Crippen LogP contribution < -0.4 is 5.32 Å². The first-order chi connectivity index (χ1) is 9.72. The van der Waals surface area contributed by atoms with Crippen LogP contribution in [0.5, 0.6) is 0 Å². The van der Waals surface area contributed by atoms with Gasteiger partial charge in [-0.25, -0.2) is 0 Å². The van der Waals surface area contributed by atoms with Gasteiger partial charge in [0.1, 0.15) is 0 Å². The highest BCUT2D eigenvalue weighted by Gasteiger charge is 2.21. The first-order valence-corrected chi connectivity index (χ1v) is 8.68. The van der Waals surface area contributed by atoms with Gasteiger partial charge in [-0.1, -0.05) is 34.5 Å². The Morgan fingerprint density at radius 1 is 1.15 bits per heavy atom. The summed E-state index contributed by atoms with van der Waals surface area (Å²) in [7, 11) is 0. The SMILES string of the molecule is O=C(Nc1ccc2cc(Br)ccc2c1)C1CCCCS1. The van der Waals surface area contributed by atoms with Crippen LogP contribution >= 0.6 is 27.7 Å². The fourth-order valence-corrected chi connectivity index (χ4v) is 4.04. The van der Waals surface area contributed by atoms with E-state index in [4.69, 9.17) is 0 Å². The van der Waals surface area contributed by atoms with E-state index in [2.05, 4.69) is 33.4 Å². The number of amides is 1. The third kappa shape index (κ3) is 3.18. The number of rotatable bonds is 2. The van der Waals surface area contributed by atoms with Gasteiger partial charge in [-0.2, -0.15) is 0 Å². The lowest BCUT2D eigenvalue weighted by Gasteiger charge is -2.20. The normalized spacial score (nSPS) is 18.9. The quantitative estimate of drug-likeness (QED) is 0.841. The Morgan fingerprint density at radius 2 is 1.95 bits per heavy atom. The Morgan fingerprint density at radius 3 is 2.75 bits per heavy atom. The van der Waals surface area contributed by atoms with Crippen LogP contribution in [0.25, 0.3) is 10.8 Å². The van der Waals surface area contributed by atoms with Crippen molar-refractivity contribution in [2.75, 3.05) is 11.1 Å². The second kappa shape index (κ2) is 6.19. The smallest absolute Gasteiger partial charge is 0.237 e. The predicted octanol–water partition coefficient (Wildman–Crippen LogP) is 4.83. The summed E-state index contributed by atoms with van der Waals surface area (Å²) in [4.78, 5) is 12.2. The lowest BCUT2D eigenvalue weighted by Crippen LogP contribution is -2.27. The molecule has 0 bridgehead atoms. The minimum absolute atomic E-state index is 0.115. The zero-order valence-electron chi connectivity index (χ0n) is 11.1. The molecule has 1 heterocycles. The topological polar surface area (TPSA) is 29.1 Å². The van der Waals surface area contributed by atoms with Gasteiger partial charge in [-0.3, -0.25) is 4.79 Å². The van der Waals surface area contributed by atoms with E-state index in [1.165, 1.54) is 11.8 Å². The molecule has 20 heavy (non-hydrogen) atoms. The van der Waals surface area contributed by atoms with Gasteiger partial charge in [0.2, 0.25) is 5.91 Å². The third-order valence-electron chi connectivity index (χ3n) is 3.54. The van der Waals surface area contributed by atoms with Gasteiger partial charge < -0.3 is 5.32 Å². The molecule has 1 aliphatic heterocycles. The molecule has 2 nitrogen and oxygen atoms in total. The van der Waals surface area contributed by atoms with Crippen LogP contribution in [0.1, 0.15) is 19.3 Å². The largest absolute Gasteiger partial charge is 0.325 e. The number of benzene rings is 2. The molecule has 1 atom stereocenters. The molecule has 3 rings (SSSR count). The van der Waals surface area contributed by atoms with Crippen LogP contribution in [0.4, 0.5) is 5.69 Å². The number of anilines is 1. The molecule has 4 heteroatoms. The number of hydrogen-bond acceptors (Lipinski definition) is 2. The molecule has 0 radical (unpaired) electrons. The third-order valence-corrected chi connectivity index (χ3v) is 5.41. The Balaban J connectivity index is 1.76. The van der Waals surface area contributed by atoms with Crippen molar-refractivity contribution >= 4 is 50.1 Å². The molecule has 2 aromatic carbocycles. The van der Waals surface area contributed by atoms with E-state index in [-0.39, 0.29) is 11.2 Å². The number of nitrogens with one attached hydrogen (secondary N) is 1. The maximum absolute atomic E-state index is 12.2. The number of carbonyl (C=O) groups is 1. The maximum Gasteiger partial charge on any atom is 0.237 e. The fraction of sp³-hybridized carbons (Fsp3) is 0.312. The van der Waals surface area contributed by atoms with Crippen molar-refractivity contribution in [3.63, 3.8) is 0 Å². The summed E-state index contributed by atoms with van der Waals surface area (Å²) in [5.74, 6) is 1.25. The molecule has 1 aliphatic rings. The van der Waals surface area contributed by atoms with Crippen molar-refractivity contribution in [3.8, 4) is 0 Å². The summed E-state index contributed by atoms with van der Waals surface area (Å²) in [5.41, 5.74) is 0.885. The lowest BCUT2D eigenvalue weighted by atomic mass is 10.1. The van der Waals surface area contributed by atoms with Gasteiger partial charge in [0, 0.05) is 10.2 Å². The van der Waals surface area contributed by atoms with E-state index < -0.39 is 0 Å². The van der Waals surface area contributed by atoms with Crippen LogP contribution in [0, 0.1) is 0 Å². The number of thioether (sulfide) groups is 1. The molecule has 0 aliphatic carbocycles. The van der Waals surface area contributed by atoms with E-state index >= 15 is 0 Å². The van der Waals surface area contributed by atoms with E-state index in [1.54, 1.807) is 11.8 Å². The average Bonchev–Trinajstić information content (AvgIpc) is 2.48. The fourth-order valence-electron chi connectivity index (χ4n) is 2.46. The van der Waals surface area contributed by atoms with Crippen molar-refractivity contribution in [2.45, 2.75) is 24.5 Å². The van der Waals surface area contributed by atoms with E-state index in [9.17, 15) is 4.79 Å². The Hall–Kier alpha value is -1.00. The average molecular weight is 350 g/mol. The predicted molar refractivity (Wildman–Crippen MR) is 90.4 cm³/mol. The van der Waals surface area contributed by atoms with Crippen molar-refractivity contribution in [1.29, 1.82) is 0 Å². The second-order valence-electron chi connectivity index (χ2n) is 5.05. The molecule has 0 saturated carbocycles. The molecular weight excluding hydrogens is 334 g/mol. The first-order valence-electron chi connectivity index (χ1n) is 6.84. The number of fused-ring (bicyclic) bond motifs is 1. The summed E-state index contributed by atoms with van der Waals surface area (Å²) >= 11 is 5.25. The molecule has 2 aromatic rings. The number of halogens is 1.